The second-order valence-corrected chi connectivity index (χ2v) is 3.88. The summed E-state index contributed by atoms with van der Waals surface area (Å²) >= 11 is 0. The molecule has 0 aromatic carbocycles. The van der Waals surface area contributed by atoms with E-state index in [1.165, 1.54) is 0 Å². The molecule has 1 aromatic rings. The zero-order valence-corrected chi connectivity index (χ0v) is 9.47. The Kier molecular flexibility index (Phi) is 3.72. The molecule has 1 atom stereocenters. The Bertz CT molecular complexity index is 470. The smallest absolute Gasteiger partial charge is 0.261 e. The fourth-order valence-electron chi connectivity index (χ4n) is 1.91. The number of primary amides is 1. The molecule has 0 spiro atoms. The largest absolute Gasteiger partial charge is 0.365 e. The van der Waals surface area contributed by atoms with E-state index in [9.17, 15) is 9.59 Å². The van der Waals surface area contributed by atoms with Crippen LogP contribution in [0.5, 0.6) is 0 Å². The van der Waals surface area contributed by atoms with Gasteiger partial charge in [0.1, 0.15) is 5.56 Å². The molecule has 0 radical (unpaired) electrons. The second kappa shape index (κ2) is 4.67. The molecule has 16 heavy (non-hydrogen) atoms. The predicted octanol–water partition coefficient (Wildman–Crippen LogP) is -0.288. The number of carbonyl (C=O) groups is 1. The van der Waals surface area contributed by atoms with Crippen molar-refractivity contribution in [1.82, 2.24) is 4.98 Å². The predicted molar refractivity (Wildman–Crippen MR) is 62.8 cm³/mol. The topological polar surface area (TPSA) is 102 Å². The molecule has 1 amide bonds. The molecule has 88 valence electrons. The number of hydrogen-bond acceptors (Lipinski definition) is 3. The lowest BCUT2D eigenvalue weighted by atomic mass is 9.91. The van der Waals surface area contributed by atoms with Gasteiger partial charge in [-0.15, -0.1) is 12.4 Å². The Morgan fingerprint density at radius 3 is 2.81 bits per heavy atom. The van der Waals surface area contributed by atoms with Gasteiger partial charge in [0.25, 0.3) is 11.5 Å². The highest BCUT2D eigenvalue weighted by molar-refractivity contribution is 5.92. The first-order valence-corrected chi connectivity index (χ1v) is 4.88. The van der Waals surface area contributed by atoms with E-state index >= 15 is 0 Å². The highest BCUT2D eigenvalue weighted by atomic mass is 35.5. The van der Waals surface area contributed by atoms with E-state index in [0.29, 0.717) is 6.42 Å². The molecule has 1 aromatic heterocycles. The quantitative estimate of drug-likeness (QED) is 0.632. The summed E-state index contributed by atoms with van der Waals surface area (Å²) < 4.78 is 0. The molecule has 1 heterocycles. The summed E-state index contributed by atoms with van der Waals surface area (Å²) in [7, 11) is 0. The number of rotatable bonds is 1. The van der Waals surface area contributed by atoms with Gasteiger partial charge >= 0.3 is 0 Å². The third-order valence-corrected chi connectivity index (χ3v) is 2.73. The SMILES string of the molecule is Cl.NC(=O)c1cc2c([nH]c1=O)CCC(N)C2. The number of nitrogens with one attached hydrogen (secondary N) is 1. The van der Waals surface area contributed by atoms with Crippen molar-refractivity contribution in [2.45, 2.75) is 25.3 Å². The highest BCUT2D eigenvalue weighted by Crippen LogP contribution is 2.17. The minimum Gasteiger partial charge on any atom is -0.365 e. The van der Waals surface area contributed by atoms with Gasteiger partial charge in [-0.2, -0.15) is 0 Å². The standard InChI is InChI=1S/C10H13N3O2.ClH/c11-6-1-2-8-5(3-6)4-7(9(12)14)10(15)13-8;/h4,6H,1-3,11H2,(H2,12,14)(H,13,15);1H. The zero-order chi connectivity index (χ0) is 11.0. The number of hydrogen-bond donors (Lipinski definition) is 3. The van der Waals surface area contributed by atoms with Crippen LogP contribution in [0.3, 0.4) is 0 Å². The molecular weight excluding hydrogens is 230 g/mol. The van der Waals surface area contributed by atoms with Gasteiger partial charge in [0, 0.05) is 11.7 Å². The van der Waals surface area contributed by atoms with Crippen LogP contribution in [0.15, 0.2) is 10.9 Å². The maximum Gasteiger partial charge on any atom is 0.261 e. The Labute approximate surface area is 98.6 Å². The molecule has 6 heteroatoms. The summed E-state index contributed by atoms with van der Waals surface area (Å²) in [5.74, 6) is -0.696. The zero-order valence-electron chi connectivity index (χ0n) is 8.66. The lowest BCUT2D eigenvalue weighted by Crippen LogP contribution is -2.32. The van der Waals surface area contributed by atoms with Gasteiger partial charge in [-0.3, -0.25) is 9.59 Å². The molecular formula is C10H14ClN3O2. The molecule has 1 aliphatic rings. The summed E-state index contributed by atoms with van der Waals surface area (Å²) in [6.07, 6.45) is 2.30. The van der Waals surface area contributed by atoms with Crippen LogP contribution in [-0.2, 0) is 12.8 Å². The number of halogens is 1. The average molecular weight is 244 g/mol. The number of aromatic amines is 1. The van der Waals surface area contributed by atoms with E-state index in [1.807, 2.05) is 0 Å². The van der Waals surface area contributed by atoms with Crippen LogP contribution in [0.1, 0.15) is 28.0 Å². The van der Waals surface area contributed by atoms with Crippen molar-refractivity contribution in [3.05, 3.63) is 33.2 Å². The summed E-state index contributed by atoms with van der Waals surface area (Å²) in [4.78, 5) is 25.1. The molecule has 0 fully saturated rings. The van der Waals surface area contributed by atoms with Gasteiger partial charge in [0.05, 0.1) is 0 Å². The van der Waals surface area contributed by atoms with Gasteiger partial charge < -0.3 is 16.5 Å². The van der Waals surface area contributed by atoms with Crippen molar-refractivity contribution in [1.29, 1.82) is 0 Å². The van der Waals surface area contributed by atoms with E-state index in [-0.39, 0.29) is 24.0 Å². The number of aromatic nitrogens is 1. The number of H-pyrrole nitrogens is 1. The second-order valence-electron chi connectivity index (χ2n) is 3.88. The number of amides is 1. The Balaban J connectivity index is 0.00000128. The van der Waals surface area contributed by atoms with Crippen LogP contribution in [-0.4, -0.2) is 16.9 Å². The Morgan fingerprint density at radius 2 is 2.19 bits per heavy atom. The molecule has 0 aliphatic heterocycles. The van der Waals surface area contributed by atoms with Crippen molar-refractivity contribution < 1.29 is 4.79 Å². The van der Waals surface area contributed by atoms with Crippen LogP contribution < -0.4 is 17.0 Å². The summed E-state index contributed by atoms with van der Waals surface area (Å²) in [5, 5.41) is 0. The van der Waals surface area contributed by atoms with Crippen LogP contribution in [0.25, 0.3) is 0 Å². The lowest BCUT2D eigenvalue weighted by molar-refractivity contribution is 0.0998. The lowest BCUT2D eigenvalue weighted by Gasteiger charge is -2.20. The molecule has 2 rings (SSSR count). The van der Waals surface area contributed by atoms with E-state index in [4.69, 9.17) is 11.5 Å². The maximum atomic E-state index is 11.4. The first-order valence-electron chi connectivity index (χ1n) is 4.88. The average Bonchev–Trinajstić information content (AvgIpc) is 2.17. The first kappa shape index (κ1) is 12.7. The summed E-state index contributed by atoms with van der Waals surface area (Å²) in [6, 6.07) is 1.67. The van der Waals surface area contributed by atoms with Crippen LogP contribution in [0.4, 0.5) is 0 Å². The number of pyridine rings is 1. The van der Waals surface area contributed by atoms with E-state index in [1.54, 1.807) is 6.07 Å². The fourth-order valence-corrected chi connectivity index (χ4v) is 1.91. The number of carbonyl (C=O) groups excluding carboxylic acids is 1. The number of aryl methyl sites for hydroxylation is 1. The van der Waals surface area contributed by atoms with E-state index in [2.05, 4.69) is 4.98 Å². The van der Waals surface area contributed by atoms with Gasteiger partial charge in [-0.05, 0) is 30.9 Å². The third-order valence-electron chi connectivity index (χ3n) is 2.73. The van der Waals surface area contributed by atoms with E-state index < -0.39 is 11.5 Å². The molecule has 0 saturated carbocycles. The number of nitrogens with two attached hydrogens (primary N) is 2. The fraction of sp³-hybridized carbons (Fsp3) is 0.400. The van der Waals surface area contributed by atoms with Crippen molar-refractivity contribution in [2.75, 3.05) is 0 Å². The van der Waals surface area contributed by atoms with Crippen LogP contribution in [0, 0.1) is 0 Å². The Morgan fingerprint density at radius 1 is 1.50 bits per heavy atom. The maximum absolute atomic E-state index is 11.4. The van der Waals surface area contributed by atoms with Crippen molar-refractivity contribution >= 4 is 18.3 Å². The first-order chi connectivity index (χ1) is 7.08. The van der Waals surface area contributed by atoms with Gasteiger partial charge in [0.15, 0.2) is 0 Å². The third kappa shape index (κ3) is 2.25. The summed E-state index contributed by atoms with van der Waals surface area (Å²) in [6.45, 7) is 0. The molecule has 0 saturated heterocycles. The van der Waals surface area contributed by atoms with Crippen molar-refractivity contribution in [2.24, 2.45) is 11.5 Å². The normalized spacial score (nSPS) is 18.4. The molecule has 5 nitrogen and oxygen atoms in total. The van der Waals surface area contributed by atoms with E-state index in [0.717, 1.165) is 24.1 Å². The molecule has 5 N–H and O–H groups in total. The van der Waals surface area contributed by atoms with Gasteiger partial charge in [-0.1, -0.05) is 0 Å². The molecule has 0 bridgehead atoms. The van der Waals surface area contributed by atoms with Crippen molar-refractivity contribution in [3.63, 3.8) is 0 Å². The minimum absolute atomic E-state index is 0. The highest BCUT2D eigenvalue weighted by Gasteiger charge is 2.18. The molecule has 1 unspecified atom stereocenters. The molecule has 1 aliphatic carbocycles. The monoisotopic (exact) mass is 243 g/mol. The van der Waals surface area contributed by atoms with Gasteiger partial charge in [-0.25, -0.2) is 0 Å². The minimum atomic E-state index is -0.696. The van der Waals surface area contributed by atoms with Crippen molar-refractivity contribution in [3.8, 4) is 0 Å². The Hall–Kier alpha value is -1.33. The van der Waals surface area contributed by atoms with Crippen LogP contribution in [0.2, 0.25) is 0 Å². The van der Waals surface area contributed by atoms with Gasteiger partial charge in [0.2, 0.25) is 0 Å². The number of fused-ring (bicyclic) bond motifs is 1. The van der Waals surface area contributed by atoms with Crippen LogP contribution >= 0.6 is 12.4 Å². The summed E-state index contributed by atoms with van der Waals surface area (Å²) in [5.41, 5.74) is 12.3.